The van der Waals surface area contributed by atoms with Gasteiger partial charge in [-0.3, -0.25) is 4.79 Å². The van der Waals surface area contributed by atoms with Crippen molar-refractivity contribution in [3.63, 3.8) is 0 Å². The molecule has 0 aromatic heterocycles. The Morgan fingerprint density at radius 1 is 1.35 bits per heavy atom. The van der Waals surface area contributed by atoms with Gasteiger partial charge in [-0.05, 0) is 56.0 Å². The van der Waals surface area contributed by atoms with E-state index in [9.17, 15) is 13.2 Å². The van der Waals surface area contributed by atoms with Gasteiger partial charge in [-0.25, -0.2) is 8.42 Å². The summed E-state index contributed by atoms with van der Waals surface area (Å²) in [4.78, 5) is 14.5. The maximum absolute atomic E-state index is 12.4. The van der Waals surface area contributed by atoms with Crippen molar-refractivity contribution >= 4 is 27.1 Å². The zero-order valence-corrected chi connectivity index (χ0v) is 16.2. The smallest absolute Gasteiger partial charge is 0.224 e. The minimum atomic E-state index is -2.89. The van der Waals surface area contributed by atoms with Crippen molar-refractivity contribution in [1.29, 1.82) is 0 Å². The quantitative estimate of drug-likeness (QED) is 0.817. The second-order valence-electron chi connectivity index (χ2n) is 7.53. The molecule has 2 unspecified atom stereocenters. The monoisotopic (exact) mass is 379 g/mol. The zero-order valence-electron chi connectivity index (χ0n) is 15.4. The minimum Gasteiger partial charge on any atom is -0.369 e. The van der Waals surface area contributed by atoms with Gasteiger partial charge >= 0.3 is 0 Å². The Balaban J connectivity index is 1.55. The fourth-order valence-corrected chi connectivity index (χ4v) is 4.99. The third kappa shape index (κ3) is 5.20. The number of benzene rings is 1. The van der Waals surface area contributed by atoms with Gasteiger partial charge < -0.3 is 15.5 Å². The molecule has 1 aromatic carbocycles. The van der Waals surface area contributed by atoms with Crippen LogP contribution in [0.25, 0.3) is 0 Å². The molecule has 6 nitrogen and oxygen atoms in total. The van der Waals surface area contributed by atoms with E-state index in [1.165, 1.54) is 12.8 Å². The number of amides is 1. The van der Waals surface area contributed by atoms with Crippen LogP contribution < -0.4 is 15.5 Å². The van der Waals surface area contributed by atoms with E-state index in [1.807, 2.05) is 24.3 Å². The molecule has 7 heteroatoms. The Morgan fingerprint density at radius 2 is 2.12 bits per heavy atom. The van der Waals surface area contributed by atoms with Gasteiger partial charge in [-0.15, -0.1) is 0 Å². The van der Waals surface area contributed by atoms with Crippen molar-refractivity contribution in [1.82, 2.24) is 5.32 Å². The molecule has 144 valence electrons. The molecule has 0 aliphatic carbocycles. The summed E-state index contributed by atoms with van der Waals surface area (Å²) in [7, 11) is -2.89. The predicted octanol–water partition coefficient (Wildman–Crippen LogP) is 1.89. The van der Waals surface area contributed by atoms with Crippen molar-refractivity contribution in [3.05, 3.63) is 24.3 Å². The molecule has 2 heterocycles. The molecule has 2 saturated heterocycles. The lowest BCUT2D eigenvalue weighted by molar-refractivity contribution is -0.117. The zero-order chi connectivity index (χ0) is 18.6. The normalized spacial score (nSPS) is 24.0. The van der Waals surface area contributed by atoms with E-state index in [0.717, 1.165) is 24.5 Å². The van der Waals surface area contributed by atoms with Crippen LogP contribution in [-0.2, 0) is 14.6 Å². The SMILES string of the molecule is CC(CC(=O)Nc1cccc(N2CCS(=O)(=O)CC2)c1)C1CCCNC1. The summed E-state index contributed by atoms with van der Waals surface area (Å²) < 4.78 is 23.2. The molecule has 0 radical (unpaired) electrons. The summed E-state index contributed by atoms with van der Waals surface area (Å²) in [5, 5.41) is 6.41. The molecule has 0 bridgehead atoms. The Hall–Kier alpha value is -1.60. The van der Waals surface area contributed by atoms with Crippen molar-refractivity contribution in [2.24, 2.45) is 11.8 Å². The van der Waals surface area contributed by atoms with Crippen LogP contribution in [0.15, 0.2) is 24.3 Å². The Kier molecular flexibility index (Phi) is 6.19. The average molecular weight is 380 g/mol. The molecule has 0 spiro atoms. The van der Waals surface area contributed by atoms with Crippen LogP contribution >= 0.6 is 0 Å². The Morgan fingerprint density at radius 3 is 2.81 bits per heavy atom. The number of sulfone groups is 1. The molecule has 2 atom stereocenters. The molecule has 1 aromatic rings. The largest absolute Gasteiger partial charge is 0.369 e. The lowest BCUT2D eigenvalue weighted by Crippen LogP contribution is -2.40. The third-order valence-electron chi connectivity index (χ3n) is 5.49. The number of anilines is 2. The van der Waals surface area contributed by atoms with Crippen molar-refractivity contribution in [2.45, 2.75) is 26.2 Å². The summed E-state index contributed by atoms with van der Waals surface area (Å²) in [5.41, 5.74) is 1.73. The van der Waals surface area contributed by atoms with E-state index in [4.69, 9.17) is 0 Å². The minimum absolute atomic E-state index is 0.0430. The van der Waals surface area contributed by atoms with Crippen molar-refractivity contribution in [3.8, 4) is 0 Å². The number of piperidine rings is 1. The van der Waals surface area contributed by atoms with E-state index < -0.39 is 9.84 Å². The third-order valence-corrected chi connectivity index (χ3v) is 7.10. The number of carbonyl (C=O) groups excluding carboxylic acids is 1. The standard InChI is InChI=1S/C19H29N3O3S/c1-15(16-4-3-7-20-14-16)12-19(23)21-17-5-2-6-18(13-17)22-8-10-26(24,25)11-9-22/h2,5-6,13,15-16,20H,3-4,7-12,14H2,1H3,(H,21,23). The number of nitrogens with one attached hydrogen (secondary N) is 2. The topological polar surface area (TPSA) is 78.5 Å². The first-order chi connectivity index (χ1) is 12.4. The number of hydrogen-bond donors (Lipinski definition) is 2. The predicted molar refractivity (Wildman–Crippen MR) is 105 cm³/mol. The van der Waals surface area contributed by atoms with Gasteiger partial charge in [0.1, 0.15) is 0 Å². The number of hydrogen-bond acceptors (Lipinski definition) is 5. The summed E-state index contributed by atoms with van der Waals surface area (Å²) in [6, 6.07) is 7.68. The van der Waals surface area contributed by atoms with E-state index in [-0.39, 0.29) is 17.4 Å². The van der Waals surface area contributed by atoms with Gasteiger partial charge in [0.25, 0.3) is 0 Å². The molecule has 26 heavy (non-hydrogen) atoms. The highest BCUT2D eigenvalue weighted by Gasteiger charge is 2.23. The Labute approximate surface area is 156 Å². The first kappa shape index (κ1) is 19.2. The molecular formula is C19H29N3O3S. The second-order valence-corrected chi connectivity index (χ2v) is 9.83. The number of carbonyl (C=O) groups is 1. The molecule has 2 aliphatic heterocycles. The first-order valence-corrected chi connectivity index (χ1v) is 11.3. The number of nitrogens with zero attached hydrogens (tertiary/aromatic N) is 1. The van der Waals surface area contributed by atoms with Crippen LogP contribution in [0, 0.1) is 11.8 Å². The molecule has 2 aliphatic rings. The lowest BCUT2D eigenvalue weighted by atomic mass is 9.85. The molecule has 0 saturated carbocycles. The molecule has 2 N–H and O–H groups in total. The van der Waals surface area contributed by atoms with Crippen LogP contribution in [0.2, 0.25) is 0 Å². The Bertz CT molecular complexity index is 715. The van der Waals surface area contributed by atoms with E-state index in [2.05, 4.69) is 22.5 Å². The van der Waals surface area contributed by atoms with Crippen LogP contribution in [0.1, 0.15) is 26.2 Å². The summed E-state index contributed by atoms with van der Waals surface area (Å²) >= 11 is 0. The first-order valence-electron chi connectivity index (χ1n) is 9.49. The average Bonchev–Trinajstić information content (AvgIpc) is 2.62. The fraction of sp³-hybridized carbons (Fsp3) is 0.632. The highest BCUT2D eigenvalue weighted by Crippen LogP contribution is 2.24. The summed E-state index contributed by atoms with van der Waals surface area (Å²) in [5.74, 6) is 1.35. The van der Waals surface area contributed by atoms with Gasteiger partial charge in [0.2, 0.25) is 5.91 Å². The van der Waals surface area contributed by atoms with E-state index >= 15 is 0 Å². The summed E-state index contributed by atoms with van der Waals surface area (Å²) in [6.45, 7) is 5.25. The van der Waals surface area contributed by atoms with Gasteiger partial charge in [-0.1, -0.05) is 13.0 Å². The molecule has 3 rings (SSSR count). The highest BCUT2D eigenvalue weighted by atomic mass is 32.2. The van der Waals surface area contributed by atoms with Gasteiger partial charge in [0.05, 0.1) is 11.5 Å². The lowest BCUT2D eigenvalue weighted by Gasteiger charge is -2.29. The molecular weight excluding hydrogens is 350 g/mol. The van der Waals surface area contributed by atoms with Gasteiger partial charge in [-0.2, -0.15) is 0 Å². The molecule has 1 amide bonds. The number of rotatable bonds is 5. The van der Waals surface area contributed by atoms with Crippen LogP contribution in [0.5, 0.6) is 0 Å². The van der Waals surface area contributed by atoms with Crippen molar-refractivity contribution < 1.29 is 13.2 Å². The van der Waals surface area contributed by atoms with E-state index in [0.29, 0.717) is 31.3 Å². The molecule has 2 fully saturated rings. The summed E-state index contributed by atoms with van der Waals surface area (Å²) in [6.07, 6.45) is 2.90. The van der Waals surface area contributed by atoms with Crippen molar-refractivity contribution in [2.75, 3.05) is 47.9 Å². The van der Waals surface area contributed by atoms with E-state index in [1.54, 1.807) is 0 Å². The van der Waals surface area contributed by atoms with Crippen LogP contribution in [-0.4, -0.2) is 52.0 Å². The highest BCUT2D eigenvalue weighted by molar-refractivity contribution is 7.91. The van der Waals surface area contributed by atoms with Gasteiger partial charge in [0.15, 0.2) is 9.84 Å². The van der Waals surface area contributed by atoms with Crippen LogP contribution in [0.3, 0.4) is 0 Å². The van der Waals surface area contributed by atoms with Crippen LogP contribution in [0.4, 0.5) is 11.4 Å². The maximum atomic E-state index is 12.4. The second kappa shape index (κ2) is 8.39. The fourth-order valence-electron chi connectivity index (χ4n) is 3.79. The maximum Gasteiger partial charge on any atom is 0.224 e. The van der Waals surface area contributed by atoms with Gasteiger partial charge in [0, 0.05) is 30.9 Å².